The van der Waals surface area contributed by atoms with Gasteiger partial charge < -0.3 is 11.1 Å². The fourth-order valence-corrected chi connectivity index (χ4v) is 2.96. The second-order valence-electron chi connectivity index (χ2n) is 4.66. The van der Waals surface area contributed by atoms with Gasteiger partial charge in [-0.15, -0.1) is 0 Å². The van der Waals surface area contributed by atoms with Crippen LogP contribution in [0.2, 0.25) is 0 Å². The van der Waals surface area contributed by atoms with E-state index in [1.54, 1.807) is 0 Å². The fraction of sp³-hybridized carbons (Fsp3) is 0.462. The molecule has 2 rings (SSSR count). The predicted octanol–water partition coefficient (Wildman–Crippen LogP) is 3.00. The Kier molecular flexibility index (Phi) is 3.70. The highest BCUT2D eigenvalue weighted by Crippen LogP contribution is 2.33. The Bertz CT molecular complexity index is 444. The van der Waals surface area contributed by atoms with Crippen molar-refractivity contribution in [2.24, 2.45) is 5.73 Å². The first-order valence-corrected chi connectivity index (χ1v) is 6.66. The summed E-state index contributed by atoms with van der Waals surface area (Å²) in [5, 5.41) is 12.5. The lowest BCUT2D eigenvalue weighted by Crippen LogP contribution is -2.42. The van der Waals surface area contributed by atoms with Gasteiger partial charge in [-0.25, -0.2) is 0 Å². The molecule has 4 heteroatoms. The van der Waals surface area contributed by atoms with Gasteiger partial charge in [-0.05, 0) is 31.0 Å². The maximum absolute atomic E-state index is 8.95. The minimum atomic E-state index is 0.0213. The highest BCUT2D eigenvalue weighted by molar-refractivity contribution is 9.10. The van der Waals surface area contributed by atoms with Crippen molar-refractivity contribution < 1.29 is 0 Å². The van der Waals surface area contributed by atoms with E-state index in [9.17, 15) is 0 Å². The summed E-state index contributed by atoms with van der Waals surface area (Å²) >= 11 is 3.42. The molecule has 0 atom stereocenters. The van der Waals surface area contributed by atoms with E-state index >= 15 is 0 Å². The molecule has 1 fully saturated rings. The monoisotopic (exact) mass is 293 g/mol. The second kappa shape index (κ2) is 5.07. The van der Waals surface area contributed by atoms with Crippen molar-refractivity contribution in [3.63, 3.8) is 0 Å². The van der Waals surface area contributed by atoms with Crippen LogP contribution >= 0.6 is 15.9 Å². The average molecular weight is 294 g/mol. The van der Waals surface area contributed by atoms with Crippen molar-refractivity contribution in [1.29, 1.82) is 5.26 Å². The molecule has 0 aliphatic heterocycles. The van der Waals surface area contributed by atoms with Crippen LogP contribution < -0.4 is 11.1 Å². The van der Waals surface area contributed by atoms with E-state index in [1.807, 2.05) is 18.2 Å². The number of nitrogens with two attached hydrogens (primary N) is 1. The molecule has 0 saturated heterocycles. The van der Waals surface area contributed by atoms with E-state index in [4.69, 9.17) is 11.0 Å². The van der Waals surface area contributed by atoms with Gasteiger partial charge in [0.25, 0.3) is 0 Å². The largest absolute Gasteiger partial charge is 0.378 e. The lowest BCUT2D eigenvalue weighted by molar-refractivity contribution is 0.493. The fourth-order valence-electron chi connectivity index (χ4n) is 2.46. The van der Waals surface area contributed by atoms with Crippen LogP contribution in [0.3, 0.4) is 0 Å². The Morgan fingerprint density at radius 1 is 1.35 bits per heavy atom. The molecule has 0 amide bonds. The maximum Gasteiger partial charge on any atom is 0.0992 e. The lowest BCUT2D eigenvalue weighted by Gasteiger charge is -2.30. The summed E-state index contributed by atoms with van der Waals surface area (Å²) in [6.45, 7) is 0.640. The molecule has 1 aromatic carbocycles. The van der Waals surface area contributed by atoms with E-state index in [0.29, 0.717) is 12.1 Å². The molecule has 0 radical (unpaired) electrons. The predicted molar refractivity (Wildman–Crippen MR) is 72.7 cm³/mol. The number of benzene rings is 1. The molecule has 1 saturated carbocycles. The summed E-state index contributed by atoms with van der Waals surface area (Å²) < 4.78 is 0.921. The van der Waals surface area contributed by atoms with Crippen molar-refractivity contribution in [2.45, 2.75) is 31.2 Å². The quantitative estimate of drug-likeness (QED) is 0.900. The highest BCUT2D eigenvalue weighted by Gasteiger charge is 2.32. The minimum Gasteiger partial charge on any atom is -0.378 e. The Labute approximate surface area is 110 Å². The number of nitrogens with one attached hydrogen (secondary N) is 1. The molecule has 0 bridgehead atoms. The number of halogens is 1. The van der Waals surface area contributed by atoms with Gasteiger partial charge in [-0.2, -0.15) is 5.26 Å². The van der Waals surface area contributed by atoms with E-state index in [1.165, 1.54) is 12.8 Å². The average Bonchev–Trinajstić information content (AvgIpc) is 2.77. The highest BCUT2D eigenvalue weighted by atomic mass is 79.9. The zero-order valence-corrected chi connectivity index (χ0v) is 11.3. The third-order valence-electron chi connectivity index (χ3n) is 3.39. The van der Waals surface area contributed by atoms with Gasteiger partial charge >= 0.3 is 0 Å². The molecule has 0 heterocycles. The van der Waals surface area contributed by atoms with E-state index in [2.05, 4.69) is 27.3 Å². The van der Waals surface area contributed by atoms with Crippen LogP contribution in [-0.2, 0) is 0 Å². The number of anilines is 1. The Hall–Kier alpha value is -1.05. The summed E-state index contributed by atoms with van der Waals surface area (Å²) in [5.41, 5.74) is 7.54. The van der Waals surface area contributed by atoms with Crippen molar-refractivity contribution in [3.8, 4) is 6.07 Å². The molecule has 90 valence electrons. The van der Waals surface area contributed by atoms with Crippen LogP contribution in [0.1, 0.15) is 31.2 Å². The molecule has 3 N–H and O–H groups in total. The standard InChI is InChI=1S/C13H16BrN3/c14-11-5-10(8-15)6-12(7-11)17-13(9-16)3-1-2-4-13/h5-7,17H,1-4,9,16H2. The number of rotatable bonds is 3. The summed E-state index contributed by atoms with van der Waals surface area (Å²) in [6, 6.07) is 7.85. The smallest absolute Gasteiger partial charge is 0.0992 e. The van der Waals surface area contributed by atoms with Gasteiger partial charge in [0.2, 0.25) is 0 Å². The summed E-state index contributed by atoms with van der Waals surface area (Å²) in [5.74, 6) is 0. The molecular weight excluding hydrogens is 278 g/mol. The van der Waals surface area contributed by atoms with E-state index in [-0.39, 0.29) is 5.54 Å². The Morgan fingerprint density at radius 2 is 2.06 bits per heavy atom. The molecule has 3 nitrogen and oxygen atoms in total. The summed E-state index contributed by atoms with van der Waals surface area (Å²) in [4.78, 5) is 0. The summed E-state index contributed by atoms with van der Waals surface area (Å²) in [6.07, 6.45) is 4.67. The molecule has 0 aromatic heterocycles. The van der Waals surface area contributed by atoms with Gasteiger partial charge in [0.1, 0.15) is 0 Å². The Balaban J connectivity index is 2.23. The minimum absolute atomic E-state index is 0.0213. The van der Waals surface area contributed by atoms with Gasteiger partial charge in [0, 0.05) is 22.2 Å². The molecule has 1 aliphatic carbocycles. The van der Waals surface area contributed by atoms with Crippen molar-refractivity contribution in [3.05, 3.63) is 28.2 Å². The topological polar surface area (TPSA) is 61.8 Å². The SMILES string of the molecule is N#Cc1cc(Br)cc(NC2(CN)CCCC2)c1. The van der Waals surface area contributed by atoms with Gasteiger partial charge in [0.15, 0.2) is 0 Å². The molecule has 1 aliphatic rings. The van der Waals surface area contributed by atoms with Crippen molar-refractivity contribution in [1.82, 2.24) is 0 Å². The van der Waals surface area contributed by atoms with Crippen molar-refractivity contribution >= 4 is 21.6 Å². The second-order valence-corrected chi connectivity index (χ2v) is 5.57. The van der Waals surface area contributed by atoms with E-state index in [0.717, 1.165) is 23.0 Å². The first-order chi connectivity index (χ1) is 8.17. The molecule has 1 aromatic rings. The maximum atomic E-state index is 8.95. The molecule has 0 unspecified atom stereocenters. The normalized spacial score (nSPS) is 17.7. The van der Waals surface area contributed by atoms with Gasteiger partial charge in [-0.1, -0.05) is 28.8 Å². The number of hydrogen-bond donors (Lipinski definition) is 2. The van der Waals surface area contributed by atoms with Gasteiger partial charge in [-0.3, -0.25) is 0 Å². The first-order valence-electron chi connectivity index (χ1n) is 5.86. The zero-order chi connectivity index (χ0) is 12.3. The van der Waals surface area contributed by atoms with E-state index < -0.39 is 0 Å². The van der Waals surface area contributed by atoms with Crippen LogP contribution in [0.15, 0.2) is 22.7 Å². The number of hydrogen-bond acceptors (Lipinski definition) is 3. The molecule has 0 spiro atoms. The van der Waals surface area contributed by atoms with Crippen molar-refractivity contribution in [2.75, 3.05) is 11.9 Å². The van der Waals surface area contributed by atoms with Crippen LogP contribution in [-0.4, -0.2) is 12.1 Å². The first kappa shape index (κ1) is 12.4. The third kappa shape index (κ3) is 2.80. The summed E-state index contributed by atoms with van der Waals surface area (Å²) in [7, 11) is 0. The van der Waals surface area contributed by atoms with Crippen LogP contribution in [0.4, 0.5) is 5.69 Å². The third-order valence-corrected chi connectivity index (χ3v) is 3.85. The van der Waals surface area contributed by atoms with Crippen LogP contribution in [0.5, 0.6) is 0 Å². The zero-order valence-electron chi connectivity index (χ0n) is 9.67. The lowest BCUT2D eigenvalue weighted by atomic mass is 9.97. The number of nitrogens with zero attached hydrogens (tertiary/aromatic N) is 1. The van der Waals surface area contributed by atoms with Crippen LogP contribution in [0, 0.1) is 11.3 Å². The van der Waals surface area contributed by atoms with Crippen LogP contribution in [0.25, 0.3) is 0 Å². The molecular formula is C13H16BrN3. The Morgan fingerprint density at radius 3 is 2.65 bits per heavy atom. The number of nitriles is 1. The molecule has 17 heavy (non-hydrogen) atoms. The van der Waals surface area contributed by atoms with Gasteiger partial charge in [0.05, 0.1) is 11.6 Å².